The molecule has 0 aliphatic heterocycles. The Morgan fingerprint density at radius 2 is 1.80 bits per heavy atom. The first-order chi connectivity index (χ1) is 16.9. The summed E-state index contributed by atoms with van der Waals surface area (Å²) in [6.07, 6.45) is 0. The van der Waals surface area contributed by atoms with Crippen LogP contribution in [-0.4, -0.2) is 29.2 Å². The molecule has 0 fully saturated rings. The van der Waals surface area contributed by atoms with Crippen LogP contribution in [0.15, 0.2) is 83.1 Å². The lowest BCUT2D eigenvalue weighted by Crippen LogP contribution is -2.22. The monoisotopic (exact) mass is 523 g/mol. The molecular weight excluding hydrogens is 502 g/mol. The standard InChI is InChI=1S/C26H22ClN3O3S2/c1-16(24(31)30-26-29-22(15-34-26)21-8-3-4-9-23(21)33-2)35-20-12-10-19(11-13-20)28-25(32)17-6-5-7-18(27)14-17/h3-16H,1-2H3,(H,28,32)(H,29,30,31). The summed E-state index contributed by atoms with van der Waals surface area (Å²) in [7, 11) is 1.62. The number of hydrogen-bond acceptors (Lipinski definition) is 6. The van der Waals surface area contributed by atoms with E-state index in [2.05, 4.69) is 15.6 Å². The Bertz CT molecular complexity index is 1340. The first kappa shape index (κ1) is 24.8. The Hall–Kier alpha value is -3.33. The summed E-state index contributed by atoms with van der Waals surface area (Å²) in [5.41, 5.74) is 2.76. The zero-order chi connectivity index (χ0) is 24.8. The summed E-state index contributed by atoms with van der Waals surface area (Å²) in [6.45, 7) is 1.84. The van der Waals surface area contributed by atoms with Gasteiger partial charge in [0.05, 0.1) is 18.1 Å². The summed E-state index contributed by atoms with van der Waals surface area (Å²) in [5.74, 6) is 0.345. The fraction of sp³-hybridized carbons (Fsp3) is 0.115. The molecule has 2 amide bonds. The minimum atomic E-state index is -0.347. The van der Waals surface area contributed by atoms with Crippen molar-refractivity contribution in [2.45, 2.75) is 17.1 Å². The van der Waals surface area contributed by atoms with Gasteiger partial charge in [-0.3, -0.25) is 9.59 Å². The van der Waals surface area contributed by atoms with Gasteiger partial charge in [0.1, 0.15) is 5.75 Å². The van der Waals surface area contributed by atoms with E-state index in [0.29, 0.717) is 21.4 Å². The molecule has 1 atom stereocenters. The summed E-state index contributed by atoms with van der Waals surface area (Å²) < 4.78 is 5.40. The Kier molecular flexibility index (Phi) is 8.07. The third-order valence-corrected chi connectivity index (χ3v) is 7.10. The lowest BCUT2D eigenvalue weighted by molar-refractivity contribution is -0.115. The molecule has 1 aromatic heterocycles. The van der Waals surface area contributed by atoms with E-state index < -0.39 is 0 Å². The summed E-state index contributed by atoms with van der Waals surface area (Å²) in [5, 5.41) is 8.31. The molecule has 3 aromatic carbocycles. The number of anilines is 2. The SMILES string of the molecule is COc1ccccc1-c1csc(NC(=O)C(C)Sc2ccc(NC(=O)c3cccc(Cl)c3)cc2)n1. The summed E-state index contributed by atoms with van der Waals surface area (Å²) in [4.78, 5) is 30.5. The molecular formula is C26H22ClN3O3S2. The van der Waals surface area contributed by atoms with Gasteiger partial charge in [-0.1, -0.05) is 29.8 Å². The lowest BCUT2D eigenvalue weighted by Gasteiger charge is -2.11. The van der Waals surface area contributed by atoms with Gasteiger partial charge in [0.25, 0.3) is 5.91 Å². The number of para-hydroxylation sites is 1. The Morgan fingerprint density at radius 3 is 2.54 bits per heavy atom. The molecule has 4 aromatic rings. The van der Waals surface area contributed by atoms with Gasteiger partial charge in [0.2, 0.25) is 5.91 Å². The van der Waals surface area contributed by atoms with Crippen molar-refractivity contribution in [2.24, 2.45) is 0 Å². The fourth-order valence-electron chi connectivity index (χ4n) is 3.23. The molecule has 4 rings (SSSR count). The molecule has 0 saturated heterocycles. The van der Waals surface area contributed by atoms with E-state index in [4.69, 9.17) is 16.3 Å². The number of aromatic nitrogens is 1. The highest BCUT2D eigenvalue weighted by molar-refractivity contribution is 8.00. The molecule has 6 nitrogen and oxygen atoms in total. The molecule has 178 valence electrons. The number of amides is 2. The highest BCUT2D eigenvalue weighted by atomic mass is 35.5. The van der Waals surface area contributed by atoms with Crippen LogP contribution < -0.4 is 15.4 Å². The number of nitrogens with zero attached hydrogens (tertiary/aromatic N) is 1. The van der Waals surface area contributed by atoms with Crippen LogP contribution in [0.25, 0.3) is 11.3 Å². The highest BCUT2D eigenvalue weighted by Gasteiger charge is 2.17. The number of halogens is 1. The van der Waals surface area contributed by atoms with E-state index in [9.17, 15) is 9.59 Å². The third kappa shape index (κ3) is 6.42. The second-order valence-corrected chi connectivity index (χ2v) is 10.2. The molecule has 1 unspecified atom stereocenters. The molecule has 35 heavy (non-hydrogen) atoms. The number of benzene rings is 3. The first-order valence-corrected chi connectivity index (χ1v) is 12.8. The number of methoxy groups -OCH3 is 1. The van der Waals surface area contributed by atoms with Gasteiger partial charge < -0.3 is 15.4 Å². The molecule has 0 spiro atoms. The molecule has 2 N–H and O–H groups in total. The number of carbonyl (C=O) groups excluding carboxylic acids is 2. The van der Waals surface area contributed by atoms with Crippen molar-refractivity contribution < 1.29 is 14.3 Å². The van der Waals surface area contributed by atoms with Crippen LogP contribution >= 0.6 is 34.7 Å². The van der Waals surface area contributed by atoms with Crippen molar-refractivity contribution in [1.29, 1.82) is 0 Å². The predicted octanol–water partition coefficient (Wildman–Crippen LogP) is 6.84. The van der Waals surface area contributed by atoms with Crippen molar-refractivity contribution in [3.8, 4) is 17.0 Å². The van der Waals surface area contributed by atoms with Gasteiger partial charge >= 0.3 is 0 Å². The normalized spacial score (nSPS) is 11.5. The van der Waals surface area contributed by atoms with Gasteiger partial charge in [-0.15, -0.1) is 23.1 Å². The zero-order valence-electron chi connectivity index (χ0n) is 18.9. The van der Waals surface area contributed by atoms with E-state index in [1.807, 2.05) is 48.7 Å². The van der Waals surface area contributed by atoms with Crippen LogP contribution in [0.2, 0.25) is 5.02 Å². The minimum Gasteiger partial charge on any atom is -0.496 e. The lowest BCUT2D eigenvalue weighted by atomic mass is 10.1. The van der Waals surface area contributed by atoms with Crippen LogP contribution in [0, 0.1) is 0 Å². The Balaban J connectivity index is 1.33. The molecule has 0 aliphatic rings. The maximum absolute atomic E-state index is 12.7. The minimum absolute atomic E-state index is 0.144. The van der Waals surface area contributed by atoms with Gasteiger partial charge in [-0.05, 0) is 61.5 Å². The van der Waals surface area contributed by atoms with E-state index in [1.54, 1.807) is 43.5 Å². The Morgan fingerprint density at radius 1 is 1.03 bits per heavy atom. The highest BCUT2D eigenvalue weighted by Crippen LogP contribution is 2.32. The molecule has 0 saturated carbocycles. The van der Waals surface area contributed by atoms with Crippen LogP contribution in [0.4, 0.5) is 10.8 Å². The van der Waals surface area contributed by atoms with Crippen LogP contribution in [0.1, 0.15) is 17.3 Å². The number of hydrogen-bond donors (Lipinski definition) is 2. The number of rotatable bonds is 8. The van der Waals surface area contributed by atoms with Gasteiger partial charge in [-0.25, -0.2) is 4.98 Å². The predicted molar refractivity (Wildman–Crippen MR) is 144 cm³/mol. The van der Waals surface area contributed by atoms with Gasteiger partial charge in [-0.2, -0.15) is 0 Å². The Labute approximate surface area is 216 Å². The quantitative estimate of drug-likeness (QED) is 0.247. The van der Waals surface area contributed by atoms with Crippen molar-refractivity contribution in [3.63, 3.8) is 0 Å². The molecule has 1 heterocycles. The molecule has 0 radical (unpaired) electrons. The zero-order valence-corrected chi connectivity index (χ0v) is 21.3. The fourth-order valence-corrected chi connectivity index (χ4v) is 5.00. The number of carbonyl (C=O) groups is 2. The maximum Gasteiger partial charge on any atom is 0.255 e. The van der Waals surface area contributed by atoms with Crippen molar-refractivity contribution >= 4 is 57.3 Å². The number of thiazole rings is 1. The van der Waals surface area contributed by atoms with E-state index in [-0.39, 0.29) is 17.1 Å². The molecule has 0 aliphatic carbocycles. The number of thioether (sulfide) groups is 1. The summed E-state index contributed by atoms with van der Waals surface area (Å²) >= 11 is 8.74. The van der Waals surface area contributed by atoms with Gasteiger partial charge in [0, 0.05) is 32.1 Å². The van der Waals surface area contributed by atoms with Crippen molar-refractivity contribution in [3.05, 3.63) is 88.8 Å². The van der Waals surface area contributed by atoms with Crippen molar-refractivity contribution in [2.75, 3.05) is 17.7 Å². The topological polar surface area (TPSA) is 80.3 Å². The third-order valence-electron chi connectivity index (χ3n) is 5.00. The van der Waals surface area contributed by atoms with Crippen molar-refractivity contribution in [1.82, 2.24) is 4.98 Å². The van der Waals surface area contributed by atoms with Crippen LogP contribution in [0.3, 0.4) is 0 Å². The molecule has 9 heteroatoms. The average Bonchev–Trinajstić information content (AvgIpc) is 3.33. The second kappa shape index (κ2) is 11.4. The maximum atomic E-state index is 12.7. The number of nitrogens with one attached hydrogen (secondary N) is 2. The van der Waals surface area contributed by atoms with Crippen LogP contribution in [0.5, 0.6) is 5.75 Å². The second-order valence-electron chi connectivity index (χ2n) is 7.48. The molecule has 0 bridgehead atoms. The van der Waals surface area contributed by atoms with E-state index >= 15 is 0 Å². The smallest absolute Gasteiger partial charge is 0.255 e. The van der Waals surface area contributed by atoms with Crippen LogP contribution in [-0.2, 0) is 4.79 Å². The summed E-state index contributed by atoms with van der Waals surface area (Å²) in [6, 6.07) is 21.7. The van der Waals surface area contributed by atoms with Gasteiger partial charge in [0.15, 0.2) is 5.13 Å². The largest absolute Gasteiger partial charge is 0.496 e. The van der Waals surface area contributed by atoms with E-state index in [0.717, 1.165) is 21.9 Å². The first-order valence-electron chi connectivity index (χ1n) is 10.7. The average molecular weight is 524 g/mol. The number of ether oxygens (including phenoxy) is 1. The van der Waals surface area contributed by atoms with E-state index in [1.165, 1.54) is 23.1 Å².